The predicted molar refractivity (Wildman–Crippen MR) is 96.3 cm³/mol. The topological polar surface area (TPSA) is 49.9 Å². The van der Waals surface area contributed by atoms with Crippen molar-refractivity contribution in [1.82, 2.24) is 9.80 Å². The molecule has 0 saturated heterocycles. The van der Waals surface area contributed by atoms with E-state index >= 15 is 0 Å². The van der Waals surface area contributed by atoms with Crippen molar-refractivity contribution in [2.24, 2.45) is 5.92 Å². The number of hydrogen-bond donors (Lipinski definition) is 0. The molecule has 1 aliphatic heterocycles. The quantitative estimate of drug-likeness (QED) is 0.825. The molecule has 1 aromatic rings. The van der Waals surface area contributed by atoms with Gasteiger partial charge in [0.15, 0.2) is 0 Å². The van der Waals surface area contributed by atoms with Crippen LogP contribution in [0.1, 0.15) is 44.2 Å². The highest BCUT2D eigenvalue weighted by molar-refractivity contribution is 5.81. The second kappa shape index (κ2) is 7.46. The van der Waals surface area contributed by atoms with Crippen molar-refractivity contribution in [3.63, 3.8) is 0 Å². The maximum Gasteiger partial charge on any atom is 0.226 e. The Morgan fingerprint density at radius 2 is 2.08 bits per heavy atom. The van der Waals surface area contributed by atoms with E-state index in [9.17, 15) is 9.59 Å². The summed E-state index contributed by atoms with van der Waals surface area (Å²) in [6.07, 6.45) is 3.25. The molecule has 0 atom stereocenters. The van der Waals surface area contributed by atoms with Gasteiger partial charge in [-0.05, 0) is 44.7 Å². The van der Waals surface area contributed by atoms with Crippen molar-refractivity contribution in [3.05, 3.63) is 29.3 Å². The summed E-state index contributed by atoms with van der Waals surface area (Å²) < 4.78 is 5.81. The molecule has 0 radical (unpaired) electrons. The van der Waals surface area contributed by atoms with Crippen LogP contribution in [0, 0.1) is 5.92 Å². The fourth-order valence-electron chi connectivity index (χ4n) is 3.10. The first-order valence-corrected chi connectivity index (χ1v) is 9.24. The Bertz CT molecular complexity index is 652. The monoisotopic (exact) mass is 344 g/mol. The SMILES string of the molecule is CC(C)N(C)C(=O)CCc1ccc2c(c1)CN(C(=O)C1CC1)CCO2. The van der Waals surface area contributed by atoms with Crippen LogP contribution in [0.15, 0.2) is 18.2 Å². The first kappa shape index (κ1) is 17.8. The van der Waals surface area contributed by atoms with Crippen molar-refractivity contribution in [2.45, 2.75) is 52.1 Å². The molecule has 1 fully saturated rings. The van der Waals surface area contributed by atoms with E-state index < -0.39 is 0 Å². The molecule has 2 amide bonds. The summed E-state index contributed by atoms with van der Waals surface area (Å²) >= 11 is 0. The largest absolute Gasteiger partial charge is 0.491 e. The molecular weight excluding hydrogens is 316 g/mol. The minimum atomic E-state index is 0.159. The molecule has 1 heterocycles. The molecule has 25 heavy (non-hydrogen) atoms. The first-order chi connectivity index (χ1) is 12.0. The minimum Gasteiger partial charge on any atom is -0.491 e. The molecule has 2 aliphatic rings. The molecular formula is C20H28N2O3. The standard InChI is InChI=1S/C20H28N2O3/c1-14(2)21(3)19(23)9-5-15-4-8-18-17(12-15)13-22(10-11-25-18)20(24)16-6-7-16/h4,8,12,14,16H,5-7,9-11,13H2,1-3H3. The zero-order valence-corrected chi connectivity index (χ0v) is 15.5. The van der Waals surface area contributed by atoms with Gasteiger partial charge in [-0.25, -0.2) is 0 Å². The Hall–Kier alpha value is -2.04. The van der Waals surface area contributed by atoms with Gasteiger partial charge >= 0.3 is 0 Å². The number of rotatable bonds is 5. The highest BCUT2D eigenvalue weighted by atomic mass is 16.5. The van der Waals surface area contributed by atoms with Gasteiger partial charge < -0.3 is 14.5 Å². The summed E-state index contributed by atoms with van der Waals surface area (Å²) in [5, 5.41) is 0. The average Bonchev–Trinajstić information content (AvgIpc) is 3.44. The number of fused-ring (bicyclic) bond motifs is 1. The van der Waals surface area contributed by atoms with E-state index in [1.54, 1.807) is 4.90 Å². The summed E-state index contributed by atoms with van der Waals surface area (Å²) in [7, 11) is 1.85. The van der Waals surface area contributed by atoms with E-state index in [1.165, 1.54) is 0 Å². The van der Waals surface area contributed by atoms with Gasteiger partial charge in [0.1, 0.15) is 12.4 Å². The van der Waals surface area contributed by atoms with Crippen LogP contribution in [0.5, 0.6) is 5.75 Å². The fourth-order valence-corrected chi connectivity index (χ4v) is 3.10. The summed E-state index contributed by atoms with van der Waals surface area (Å²) in [5.41, 5.74) is 2.17. The first-order valence-electron chi connectivity index (χ1n) is 9.24. The Kier molecular flexibility index (Phi) is 5.30. The van der Waals surface area contributed by atoms with Gasteiger partial charge in [0.2, 0.25) is 11.8 Å². The Morgan fingerprint density at radius 1 is 1.32 bits per heavy atom. The van der Waals surface area contributed by atoms with E-state index in [0.717, 1.165) is 29.7 Å². The number of ether oxygens (including phenoxy) is 1. The van der Waals surface area contributed by atoms with Gasteiger partial charge in [-0.1, -0.05) is 12.1 Å². The summed E-state index contributed by atoms with van der Waals surface area (Å²) in [6, 6.07) is 6.32. The lowest BCUT2D eigenvalue weighted by Crippen LogP contribution is -2.33. The molecule has 136 valence electrons. The molecule has 0 spiro atoms. The Balaban J connectivity index is 1.66. The molecule has 0 bridgehead atoms. The van der Waals surface area contributed by atoms with Crippen LogP contribution in [0.25, 0.3) is 0 Å². The molecule has 1 saturated carbocycles. The molecule has 0 N–H and O–H groups in total. The second-order valence-corrected chi connectivity index (χ2v) is 7.42. The zero-order chi connectivity index (χ0) is 18.0. The summed E-state index contributed by atoms with van der Waals surface area (Å²) in [4.78, 5) is 28.3. The van der Waals surface area contributed by atoms with Crippen molar-refractivity contribution in [1.29, 1.82) is 0 Å². The van der Waals surface area contributed by atoms with E-state index in [2.05, 4.69) is 6.07 Å². The minimum absolute atomic E-state index is 0.159. The lowest BCUT2D eigenvalue weighted by Gasteiger charge is -2.21. The molecule has 5 nitrogen and oxygen atoms in total. The number of benzene rings is 1. The van der Waals surface area contributed by atoms with E-state index in [4.69, 9.17) is 4.74 Å². The average molecular weight is 344 g/mol. The van der Waals surface area contributed by atoms with Gasteiger partial charge in [-0.3, -0.25) is 9.59 Å². The molecule has 3 rings (SSSR count). The van der Waals surface area contributed by atoms with Gasteiger partial charge in [0.25, 0.3) is 0 Å². The highest BCUT2D eigenvalue weighted by Crippen LogP contribution is 2.33. The van der Waals surface area contributed by atoms with Crippen molar-refractivity contribution in [3.8, 4) is 5.75 Å². The van der Waals surface area contributed by atoms with E-state index in [1.807, 2.05) is 37.9 Å². The second-order valence-electron chi connectivity index (χ2n) is 7.42. The number of nitrogens with zero attached hydrogens (tertiary/aromatic N) is 2. The molecule has 0 aromatic heterocycles. The molecule has 5 heteroatoms. The van der Waals surface area contributed by atoms with Crippen LogP contribution in [-0.4, -0.2) is 47.9 Å². The van der Waals surface area contributed by atoms with Crippen LogP contribution >= 0.6 is 0 Å². The van der Waals surface area contributed by atoms with Crippen molar-refractivity contribution < 1.29 is 14.3 Å². The number of amides is 2. The lowest BCUT2D eigenvalue weighted by molar-refractivity contribution is -0.133. The van der Waals surface area contributed by atoms with Gasteiger partial charge in [-0.2, -0.15) is 0 Å². The fraction of sp³-hybridized carbons (Fsp3) is 0.600. The lowest BCUT2D eigenvalue weighted by atomic mass is 10.0. The van der Waals surface area contributed by atoms with Crippen LogP contribution in [-0.2, 0) is 22.6 Å². The number of carbonyl (C=O) groups excluding carboxylic acids is 2. The van der Waals surface area contributed by atoms with Crippen molar-refractivity contribution in [2.75, 3.05) is 20.2 Å². The predicted octanol–water partition coefficient (Wildman–Crippen LogP) is 2.62. The maximum atomic E-state index is 12.4. The smallest absolute Gasteiger partial charge is 0.226 e. The third kappa shape index (κ3) is 4.33. The number of aryl methyl sites for hydroxylation is 1. The van der Waals surface area contributed by atoms with Crippen LogP contribution < -0.4 is 4.74 Å². The van der Waals surface area contributed by atoms with Crippen molar-refractivity contribution >= 4 is 11.8 Å². The summed E-state index contributed by atoms with van der Waals surface area (Å²) in [6.45, 7) is 5.84. The van der Waals surface area contributed by atoms with Crippen LogP contribution in [0.4, 0.5) is 0 Å². The van der Waals surface area contributed by atoms with Crippen LogP contribution in [0.2, 0.25) is 0 Å². The summed E-state index contributed by atoms with van der Waals surface area (Å²) in [5.74, 6) is 1.51. The normalized spacial score (nSPS) is 16.9. The third-order valence-electron chi connectivity index (χ3n) is 5.14. The molecule has 1 aliphatic carbocycles. The van der Waals surface area contributed by atoms with Gasteiger partial charge in [0.05, 0.1) is 6.54 Å². The van der Waals surface area contributed by atoms with Gasteiger partial charge in [-0.15, -0.1) is 0 Å². The number of hydrogen-bond acceptors (Lipinski definition) is 3. The Labute approximate surface area is 149 Å². The zero-order valence-electron chi connectivity index (χ0n) is 15.5. The highest BCUT2D eigenvalue weighted by Gasteiger charge is 2.34. The van der Waals surface area contributed by atoms with E-state index in [-0.39, 0.29) is 23.8 Å². The maximum absolute atomic E-state index is 12.4. The molecule has 0 unspecified atom stereocenters. The third-order valence-corrected chi connectivity index (χ3v) is 5.14. The molecule has 1 aromatic carbocycles. The van der Waals surface area contributed by atoms with E-state index in [0.29, 0.717) is 32.5 Å². The number of carbonyl (C=O) groups is 2. The van der Waals surface area contributed by atoms with Gasteiger partial charge in [0, 0.05) is 37.5 Å². The van der Waals surface area contributed by atoms with Crippen LogP contribution in [0.3, 0.4) is 0 Å². The Morgan fingerprint density at radius 3 is 2.76 bits per heavy atom.